The van der Waals surface area contributed by atoms with Gasteiger partial charge in [0.15, 0.2) is 12.3 Å². The Morgan fingerprint density at radius 2 is 1.49 bits per heavy atom. The van der Waals surface area contributed by atoms with Gasteiger partial charge in [-0.1, -0.05) is 6.07 Å². The van der Waals surface area contributed by atoms with Crippen LogP contribution in [0.25, 0.3) is 10.8 Å². The maximum Gasteiger partial charge on any atom is 0.335 e. The van der Waals surface area contributed by atoms with E-state index < -0.39 is 39.2 Å². The van der Waals surface area contributed by atoms with Crippen LogP contribution in [0.3, 0.4) is 0 Å². The van der Waals surface area contributed by atoms with Crippen molar-refractivity contribution in [2.75, 3.05) is 0 Å². The molecule has 5 N–H and O–H groups in total. The molecule has 17 nitrogen and oxygen atoms in total. The summed E-state index contributed by atoms with van der Waals surface area (Å²) in [6, 6.07) is 16.2. The highest BCUT2D eigenvalue weighted by atomic mass is 32.2. The monoisotopic (exact) mass is 654 g/mol. The number of rotatable bonds is 8. The molecule has 18 heteroatoms. The van der Waals surface area contributed by atoms with Crippen LogP contribution in [0.1, 0.15) is 15.9 Å². The van der Waals surface area contributed by atoms with Crippen LogP contribution in [0.4, 0.5) is 28.4 Å². The molecule has 5 rings (SSSR count). The highest BCUT2D eigenvalue weighted by Gasteiger charge is 2.33. The van der Waals surface area contributed by atoms with Crippen molar-refractivity contribution in [1.29, 1.82) is 5.26 Å². The first-order chi connectivity index (χ1) is 22.4. The van der Waals surface area contributed by atoms with Gasteiger partial charge in [-0.2, -0.15) is 39.3 Å². The molecular weight excluding hydrogens is 632 g/mol. The van der Waals surface area contributed by atoms with Gasteiger partial charge in [-0.05, 0) is 79.2 Å². The second kappa shape index (κ2) is 13.4. The van der Waals surface area contributed by atoms with Crippen molar-refractivity contribution in [3.8, 4) is 6.19 Å². The van der Waals surface area contributed by atoms with Crippen LogP contribution in [0.5, 0.6) is 0 Å². The standard InChI is InChI=1S/C29H22N10O7S/c1-15-12-18(6-9-22(15)36-34-17-4-2-16(3-5-17)28(42)43)35-37-24-11-10-23(20-8-7-19(13-21(20)24)47(44,45)46)38-39-25-26(40)32-29(31-14-30)33-27(25)41/h2-13,25-26,40H,1H3,(H,42,43)(H,44,45,46)(H2,31,32,33,41)/b36-34+,37-35?,39-38?. The predicted molar refractivity (Wildman–Crippen MR) is 165 cm³/mol. The van der Waals surface area contributed by atoms with Crippen molar-refractivity contribution in [2.45, 2.75) is 24.1 Å². The maximum atomic E-state index is 12.4. The summed E-state index contributed by atoms with van der Waals surface area (Å²) in [5.41, 5.74) is 2.65. The summed E-state index contributed by atoms with van der Waals surface area (Å²) in [5.74, 6) is -2.06. The first kappa shape index (κ1) is 32.1. The molecule has 4 aromatic carbocycles. The first-order valence-electron chi connectivity index (χ1n) is 13.4. The summed E-state index contributed by atoms with van der Waals surface area (Å²) in [6.45, 7) is 1.78. The van der Waals surface area contributed by atoms with Gasteiger partial charge in [0.25, 0.3) is 16.0 Å². The third-order valence-electron chi connectivity index (χ3n) is 6.63. The van der Waals surface area contributed by atoms with Crippen molar-refractivity contribution < 1.29 is 32.8 Å². The molecule has 0 spiro atoms. The number of fused-ring (bicyclic) bond motifs is 1. The van der Waals surface area contributed by atoms with Gasteiger partial charge >= 0.3 is 5.97 Å². The fraction of sp³-hybridized carbons (Fsp3) is 0.103. The minimum absolute atomic E-state index is 0.129. The number of aliphatic imine (C=N–C) groups is 1. The SMILES string of the molecule is Cc1cc(N=Nc2ccc(N=NC3C(=O)NC(=NC#N)NC3O)c3ccc(S(=O)(=O)O)cc23)ccc1/N=N/c1ccc(C(=O)O)cc1. The Labute approximate surface area is 265 Å². The van der Waals surface area contributed by atoms with Gasteiger partial charge in [0.1, 0.15) is 0 Å². The minimum atomic E-state index is -4.59. The van der Waals surface area contributed by atoms with Gasteiger partial charge in [0.05, 0.1) is 38.9 Å². The number of aromatic carboxylic acids is 1. The molecule has 47 heavy (non-hydrogen) atoms. The molecule has 4 aromatic rings. The van der Waals surface area contributed by atoms with E-state index in [-0.39, 0.29) is 28.3 Å². The number of benzene rings is 4. The van der Waals surface area contributed by atoms with E-state index >= 15 is 0 Å². The van der Waals surface area contributed by atoms with Crippen LogP contribution in [0, 0.1) is 18.4 Å². The lowest BCUT2D eigenvalue weighted by atomic mass is 10.1. The molecule has 1 amide bonds. The molecule has 1 aliphatic heterocycles. The van der Waals surface area contributed by atoms with Crippen LogP contribution in [0.2, 0.25) is 0 Å². The molecule has 236 valence electrons. The third-order valence-corrected chi connectivity index (χ3v) is 7.48. The van der Waals surface area contributed by atoms with Crippen LogP contribution in [-0.2, 0) is 14.9 Å². The average molecular weight is 655 g/mol. The molecule has 0 aliphatic carbocycles. The first-order valence-corrected chi connectivity index (χ1v) is 14.8. The number of carbonyl (C=O) groups excluding carboxylic acids is 1. The number of aryl methyl sites for hydroxylation is 1. The number of hydrogen-bond acceptors (Lipinski definition) is 13. The number of aliphatic hydroxyl groups is 1. The van der Waals surface area contributed by atoms with Crippen molar-refractivity contribution in [2.24, 2.45) is 35.7 Å². The van der Waals surface area contributed by atoms with Crippen LogP contribution in [-0.4, -0.2) is 53.3 Å². The van der Waals surface area contributed by atoms with Gasteiger partial charge in [-0.25, -0.2) is 4.79 Å². The highest BCUT2D eigenvalue weighted by Crippen LogP contribution is 2.37. The molecule has 2 atom stereocenters. The number of nitrogens with zero attached hydrogens (tertiary/aromatic N) is 8. The summed E-state index contributed by atoms with van der Waals surface area (Å²) in [6.07, 6.45) is -0.0567. The Morgan fingerprint density at radius 1 is 0.851 bits per heavy atom. The number of nitrogens with one attached hydrogen (secondary N) is 2. The Morgan fingerprint density at radius 3 is 2.13 bits per heavy atom. The van der Waals surface area contributed by atoms with Gasteiger partial charge in [-0.15, -0.1) is 10.1 Å². The van der Waals surface area contributed by atoms with Gasteiger partial charge in [0.2, 0.25) is 12.2 Å². The topological polar surface area (TPSA) is 263 Å². The number of hydrogen-bond donors (Lipinski definition) is 5. The molecule has 0 radical (unpaired) electrons. The lowest BCUT2D eigenvalue weighted by Crippen LogP contribution is -2.60. The number of carbonyl (C=O) groups is 2. The Hall–Kier alpha value is -6.29. The maximum absolute atomic E-state index is 12.4. The predicted octanol–water partition coefficient (Wildman–Crippen LogP) is 5.25. The van der Waals surface area contributed by atoms with Crippen LogP contribution in [0.15, 0.2) is 113 Å². The Kier molecular flexibility index (Phi) is 9.14. The van der Waals surface area contributed by atoms with E-state index in [9.17, 15) is 27.7 Å². The number of azo groups is 3. The number of guanidine groups is 1. The highest BCUT2D eigenvalue weighted by molar-refractivity contribution is 7.85. The summed E-state index contributed by atoms with van der Waals surface area (Å²) >= 11 is 0. The molecule has 0 bridgehead atoms. The zero-order chi connectivity index (χ0) is 33.7. The number of carboxylic acid groups (broad SMARTS) is 1. The Bertz CT molecular complexity index is 2180. The lowest BCUT2D eigenvalue weighted by Gasteiger charge is -2.25. The van der Waals surface area contributed by atoms with Crippen molar-refractivity contribution in [3.63, 3.8) is 0 Å². The molecule has 1 saturated heterocycles. The van der Waals surface area contributed by atoms with E-state index in [1.165, 1.54) is 54.7 Å². The molecule has 1 fully saturated rings. The fourth-order valence-corrected chi connectivity index (χ4v) is 4.78. The zero-order valence-electron chi connectivity index (χ0n) is 24.0. The van der Waals surface area contributed by atoms with Crippen molar-refractivity contribution >= 4 is 67.2 Å². The molecule has 0 saturated carbocycles. The molecule has 2 unspecified atom stereocenters. The second-order valence-corrected chi connectivity index (χ2v) is 11.2. The zero-order valence-corrected chi connectivity index (χ0v) is 24.9. The summed E-state index contributed by atoms with van der Waals surface area (Å²) < 4.78 is 33.4. The lowest BCUT2D eigenvalue weighted by molar-refractivity contribution is -0.124. The second-order valence-electron chi connectivity index (χ2n) is 9.81. The smallest absolute Gasteiger partial charge is 0.335 e. The van der Waals surface area contributed by atoms with E-state index in [4.69, 9.17) is 10.4 Å². The van der Waals surface area contributed by atoms with Crippen molar-refractivity contribution in [1.82, 2.24) is 10.6 Å². The normalized spacial score (nSPS) is 17.7. The molecule has 1 aliphatic rings. The molecule has 1 heterocycles. The van der Waals surface area contributed by atoms with Gasteiger partial charge < -0.3 is 15.5 Å². The summed E-state index contributed by atoms with van der Waals surface area (Å²) in [4.78, 5) is 26.3. The molecular formula is C29H22N10O7S. The van der Waals surface area contributed by atoms with E-state index in [0.29, 0.717) is 28.0 Å². The number of nitriles is 1. The average Bonchev–Trinajstić information content (AvgIpc) is 3.03. The third kappa shape index (κ3) is 7.51. The van der Waals surface area contributed by atoms with E-state index in [1.807, 2.05) is 0 Å². The van der Waals surface area contributed by atoms with Crippen LogP contribution < -0.4 is 10.6 Å². The number of carboxylic acids is 1. The quantitative estimate of drug-likeness (QED) is 0.0941. The number of aliphatic hydroxyl groups excluding tert-OH is 1. The minimum Gasteiger partial charge on any atom is -0.478 e. The van der Waals surface area contributed by atoms with E-state index in [1.54, 1.807) is 25.1 Å². The molecule has 0 aromatic heterocycles. The summed E-state index contributed by atoms with van der Waals surface area (Å²) in [7, 11) is -4.59. The van der Waals surface area contributed by atoms with Gasteiger partial charge in [0, 0.05) is 10.8 Å². The Balaban J connectivity index is 1.43. The van der Waals surface area contributed by atoms with Crippen molar-refractivity contribution in [3.05, 3.63) is 83.9 Å². The van der Waals surface area contributed by atoms with E-state index in [2.05, 4.69) is 46.3 Å². The summed E-state index contributed by atoms with van der Waals surface area (Å²) in [5, 5.41) is 58.1. The van der Waals surface area contributed by atoms with E-state index in [0.717, 1.165) is 6.07 Å². The fourth-order valence-electron chi connectivity index (χ4n) is 4.28. The largest absolute Gasteiger partial charge is 0.478 e. The number of amides is 1. The van der Waals surface area contributed by atoms with Gasteiger partial charge in [-0.3, -0.25) is 14.7 Å². The van der Waals surface area contributed by atoms with Crippen LogP contribution >= 0.6 is 0 Å².